The van der Waals surface area contributed by atoms with Gasteiger partial charge in [-0.1, -0.05) is 0 Å². The van der Waals surface area contributed by atoms with Gasteiger partial charge < -0.3 is 4.74 Å². The fourth-order valence-electron chi connectivity index (χ4n) is 1.27. The molecule has 0 aromatic carbocycles. The average Bonchev–Trinajstić information content (AvgIpc) is 2.63. The Morgan fingerprint density at radius 1 is 1.60 bits per heavy atom. The molecule has 1 heterocycles. The Morgan fingerprint density at radius 3 is 2.87 bits per heavy atom. The molecular weight excluding hydrogens is 192 g/mol. The number of hydrogen-bond acceptors (Lipinski definition) is 3. The number of Topliss-reactive ketones (excluding diaryl/α,β-unsaturated/α-hetero) is 1. The van der Waals surface area contributed by atoms with E-state index >= 15 is 0 Å². The normalized spacial score (nSPS) is 10.9. The third-order valence-corrected chi connectivity index (χ3v) is 2.16. The Kier molecular flexibility index (Phi) is 4.49. The summed E-state index contributed by atoms with van der Waals surface area (Å²) in [7, 11) is 1.60. The fourth-order valence-corrected chi connectivity index (χ4v) is 1.27. The smallest absolute Gasteiger partial charge is 0.141 e. The van der Waals surface area contributed by atoms with Gasteiger partial charge >= 0.3 is 0 Å². The molecule has 0 bridgehead atoms. The number of ether oxygens (including phenoxy) is 1. The molecule has 1 aromatic heterocycles. The highest BCUT2D eigenvalue weighted by molar-refractivity contribution is 5.80. The van der Waals surface area contributed by atoms with Gasteiger partial charge in [0.2, 0.25) is 0 Å². The third-order valence-electron chi connectivity index (χ3n) is 2.16. The topological polar surface area (TPSA) is 44.1 Å². The molecule has 84 valence electrons. The van der Waals surface area contributed by atoms with E-state index in [0.717, 1.165) is 5.69 Å². The summed E-state index contributed by atoms with van der Waals surface area (Å²) in [4.78, 5) is 11.4. The van der Waals surface area contributed by atoms with Gasteiger partial charge in [0.15, 0.2) is 0 Å². The SMILES string of the molecule is COCCC(=O)Cc1ccn(C(C)C)n1. The van der Waals surface area contributed by atoms with Crippen molar-refractivity contribution in [1.29, 1.82) is 0 Å². The van der Waals surface area contributed by atoms with Gasteiger partial charge in [-0.05, 0) is 19.9 Å². The number of methoxy groups -OCH3 is 1. The number of carbonyl (C=O) groups excluding carboxylic acids is 1. The van der Waals surface area contributed by atoms with E-state index in [4.69, 9.17) is 4.74 Å². The molecule has 1 aromatic rings. The first-order valence-electron chi connectivity index (χ1n) is 5.18. The van der Waals surface area contributed by atoms with E-state index in [1.807, 2.05) is 16.9 Å². The predicted molar refractivity (Wildman–Crippen MR) is 57.8 cm³/mol. The van der Waals surface area contributed by atoms with E-state index in [1.165, 1.54) is 0 Å². The zero-order valence-electron chi connectivity index (χ0n) is 9.56. The van der Waals surface area contributed by atoms with Gasteiger partial charge in [-0.2, -0.15) is 5.10 Å². The Bertz CT molecular complexity index is 318. The van der Waals surface area contributed by atoms with Crippen molar-refractivity contribution >= 4 is 5.78 Å². The molecule has 0 amide bonds. The molecule has 0 unspecified atom stereocenters. The maximum Gasteiger partial charge on any atom is 0.141 e. The Labute approximate surface area is 90.2 Å². The Morgan fingerprint density at radius 2 is 2.33 bits per heavy atom. The molecule has 0 radical (unpaired) electrons. The van der Waals surface area contributed by atoms with Crippen molar-refractivity contribution in [2.24, 2.45) is 0 Å². The lowest BCUT2D eigenvalue weighted by Crippen LogP contribution is -2.08. The van der Waals surface area contributed by atoms with E-state index in [1.54, 1.807) is 7.11 Å². The minimum Gasteiger partial charge on any atom is -0.384 e. The Balaban J connectivity index is 2.46. The molecule has 0 aliphatic rings. The van der Waals surface area contributed by atoms with Crippen molar-refractivity contribution in [1.82, 2.24) is 9.78 Å². The highest BCUT2D eigenvalue weighted by Crippen LogP contribution is 2.05. The van der Waals surface area contributed by atoms with Crippen molar-refractivity contribution in [3.63, 3.8) is 0 Å². The first-order chi connectivity index (χ1) is 7.13. The highest BCUT2D eigenvalue weighted by Gasteiger charge is 2.07. The molecule has 0 fully saturated rings. The molecule has 0 spiro atoms. The first kappa shape index (κ1) is 11.9. The summed E-state index contributed by atoms with van der Waals surface area (Å²) in [6.45, 7) is 4.61. The summed E-state index contributed by atoms with van der Waals surface area (Å²) in [6, 6.07) is 2.23. The fraction of sp³-hybridized carbons (Fsp3) is 0.636. The molecule has 15 heavy (non-hydrogen) atoms. The van der Waals surface area contributed by atoms with Crippen molar-refractivity contribution in [3.05, 3.63) is 18.0 Å². The molecular formula is C11H18N2O2. The quantitative estimate of drug-likeness (QED) is 0.716. The lowest BCUT2D eigenvalue weighted by atomic mass is 10.2. The standard InChI is InChI=1S/C11H18N2O2/c1-9(2)13-6-4-10(12-13)8-11(14)5-7-15-3/h4,6,9H,5,7-8H2,1-3H3. The second-order valence-electron chi connectivity index (χ2n) is 3.84. The summed E-state index contributed by atoms with van der Waals surface area (Å²) in [5, 5.41) is 4.31. The van der Waals surface area contributed by atoms with Gasteiger partial charge in [0, 0.05) is 25.8 Å². The van der Waals surface area contributed by atoms with Crippen LogP contribution in [0.4, 0.5) is 0 Å². The van der Waals surface area contributed by atoms with Crippen LogP contribution in [0, 0.1) is 0 Å². The van der Waals surface area contributed by atoms with Crippen LogP contribution in [0.15, 0.2) is 12.3 Å². The van der Waals surface area contributed by atoms with Crippen molar-refractivity contribution < 1.29 is 9.53 Å². The molecule has 0 saturated heterocycles. The van der Waals surface area contributed by atoms with Crippen LogP contribution in [0.1, 0.15) is 32.0 Å². The van der Waals surface area contributed by atoms with Crippen LogP contribution in [-0.2, 0) is 16.0 Å². The van der Waals surface area contributed by atoms with Gasteiger partial charge in [-0.25, -0.2) is 0 Å². The zero-order valence-corrected chi connectivity index (χ0v) is 9.56. The van der Waals surface area contributed by atoms with Crippen LogP contribution in [-0.4, -0.2) is 29.3 Å². The van der Waals surface area contributed by atoms with Gasteiger partial charge in [-0.3, -0.25) is 9.48 Å². The van der Waals surface area contributed by atoms with E-state index < -0.39 is 0 Å². The van der Waals surface area contributed by atoms with Crippen LogP contribution in [0.2, 0.25) is 0 Å². The summed E-state index contributed by atoms with van der Waals surface area (Å²) in [5.41, 5.74) is 0.838. The minimum atomic E-state index is 0.172. The minimum absolute atomic E-state index is 0.172. The monoisotopic (exact) mass is 210 g/mol. The molecule has 4 nitrogen and oxygen atoms in total. The molecule has 0 aliphatic heterocycles. The highest BCUT2D eigenvalue weighted by atomic mass is 16.5. The van der Waals surface area contributed by atoms with Crippen molar-refractivity contribution in [3.8, 4) is 0 Å². The van der Waals surface area contributed by atoms with Gasteiger partial charge in [-0.15, -0.1) is 0 Å². The molecule has 1 rings (SSSR count). The number of carbonyl (C=O) groups is 1. The number of rotatable bonds is 6. The van der Waals surface area contributed by atoms with E-state index in [-0.39, 0.29) is 5.78 Å². The van der Waals surface area contributed by atoms with Crippen LogP contribution in [0.3, 0.4) is 0 Å². The second kappa shape index (κ2) is 5.66. The maximum absolute atomic E-state index is 11.4. The van der Waals surface area contributed by atoms with E-state index in [9.17, 15) is 4.79 Å². The first-order valence-corrected chi connectivity index (χ1v) is 5.18. The summed E-state index contributed by atoms with van der Waals surface area (Å²) >= 11 is 0. The van der Waals surface area contributed by atoms with E-state index in [2.05, 4.69) is 18.9 Å². The van der Waals surface area contributed by atoms with Crippen LogP contribution >= 0.6 is 0 Å². The zero-order chi connectivity index (χ0) is 11.3. The van der Waals surface area contributed by atoms with Gasteiger partial charge in [0.1, 0.15) is 5.78 Å². The largest absolute Gasteiger partial charge is 0.384 e. The lowest BCUT2D eigenvalue weighted by Gasteiger charge is -2.03. The molecule has 0 N–H and O–H groups in total. The summed E-state index contributed by atoms with van der Waals surface area (Å²) < 4.78 is 6.71. The predicted octanol–water partition coefficient (Wildman–Crippen LogP) is 1.61. The number of nitrogens with zero attached hydrogens (tertiary/aromatic N) is 2. The van der Waals surface area contributed by atoms with Gasteiger partial charge in [0.25, 0.3) is 0 Å². The summed E-state index contributed by atoms with van der Waals surface area (Å²) in [6.07, 6.45) is 2.78. The van der Waals surface area contributed by atoms with Gasteiger partial charge in [0.05, 0.1) is 18.7 Å². The van der Waals surface area contributed by atoms with Crippen LogP contribution < -0.4 is 0 Å². The van der Waals surface area contributed by atoms with Crippen LogP contribution in [0.5, 0.6) is 0 Å². The van der Waals surface area contributed by atoms with E-state index in [0.29, 0.717) is 25.5 Å². The van der Waals surface area contributed by atoms with Crippen molar-refractivity contribution in [2.75, 3.05) is 13.7 Å². The number of ketones is 1. The number of hydrogen-bond donors (Lipinski definition) is 0. The maximum atomic E-state index is 11.4. The summed E-state index contributed by atoms with van der Waals surface area (Å²) in [5.74, 6) is 0.172. The average molecular weight is 210 g/mol. The Hall–Kier alpha value is -1.16. The molecule has 4 heteroatoms. The number of aromatic nitrogens is 2. The molecule has 0 aliphatic carbocycles. The van der Waals surface area contributed by atoms with Crippen molar-refractivity contribution in [2.45, 2.75) is 32.7 Å². The molecule has 0 saturated carbocycles. The molecule has 0 atom stereocenters. The van der Waals surface area contributed by atoms with Crippen LogP contribution in [0.25, 0.3) is 0 Å². The second-order valence-corrected chi connectivity index (χ2v) is 3.84. The third kappa shape index (κ3) is 3.83. The lowest BCUT2D eigenvalue weighted by molar-refractivity contribution is -0.119.